The zero-order valence-corrected chi connectivity index (χ0v) is 20.9. The van der Waals surface area contributed by atoms with Crippen molar-refractivity contribution in [2.45, 2.75) is 84.2 Å². The van der Waals surface area contributed by atoms with E-state index < -0.39 is 5.60 Å². The van der Waals surface area contributed by atoms with Crippen LogP contribution in [-0.4, -0.2) is 30.6 Å². The lowest BCUT2D eigenvalue weighted by atomic mass is 9.51. The largest absolute Gasteiger partial charge is 0.390 e. The number of hydrogen-bond acceptors (Lipinski definition) is 3. The first-order chi connectivity index (χ1) is 15.2. The number of carbonyl (C=O) groups is 1. The molecule has 1 aromatic rings. The van der Waals surface area contributed by atoms with E-state index in [1.807, 2.05) is 19.9 Å². The van der Waals surface area contributed by atoms with Crippen molar-refractivity contribution in [1.82, 2.24) is 0 Å². The number of hydrogen-bond donors (Lipinski definition) is 1. The Bertz CT molecular complexity index is 936. The average Bonchev–Trinajstić information content (AvgIpc) is 3.03. The molecule has 2 saturated carbocycles. The highest BCUT2D eigenvalue weighted by Crippen LogP contribution is 2.66. The first-order valence-electron chi connectivity index (χ1n) is 12.7. The summed E-state index contributed by atoms with van der Waals surface area (Å²) in [5.41, 5.74) is 6.33. The SMILES string of the molecule is CC.CN(C)c1ccc(C2C[C@@]3(C)[C@@H](CC[C@]3(C)O)C3CCC4=CC(=O)CCC4=C23)cc1. The van der Waals surface area contributed by atoms with Gasteiger partial charge in [-0.1, -0.05) is 38.5 Å². The molecular formula is C29H41NO2. The van der Waals surface area contributed by atoms with Crippen molar-refractivity contribution >= 4 is 11.5 Å². The second kappa shape index (κ2) is 8.48. The van der Waals surface area contributed by atoms with Crippen molar-refractivity contribution in [2.24, 2.45) is 17.3 Å². The van der Waals surface area contributed by atoms with Crippen molar-refractivity contribution in [3.8, 4) is 0 Å². The maximum absolute atomic E-state index is 12.1. The van der Waals surface area contributed by atoms with Gasteiger partial charge in [-0.15, -0.1) is 0 Å². The normalized spacial score (nSPS) is 35.8. The molecule has 2 fully saturated rings. The summed E-state index contributed by atoms with van der Waals surface area (Å²) in [6.45, 7) is 8.42. The van der Waals surface area contributed by atoms with Crippen LogP contribution in [0.15, 0.2) is 47.1 Å². The number of carbonyl (C=O) groups excluding carboxylic acids is 1. The fourth-order valence-corrected chi connectivity index (χ4v) is 7.18. The second-order valence-corrected chi connectivity index (χ2v) is 10.8. The summed E-state index contributed by atoms with van der Waals surface area (Å²) < 4.78 is 0. The van der Waals surface area contributed by atoms with Gasteiger partial charge in [0.2, 0.25) is 0 Å². The highest BCUT2D eigenvalue weighted by atomic mass is 16.3. The van der Waals surface area contributed by atoms with E-state index in [0.29, 0.717) is 30.0 Å². The van der Waals surface area contributed by atoms with E-state index in [1.54, 1.807) is 5.57 Å². The fourth-order valence-electron chi connectivity index (χ4n) is 7.18. The van der Waals surface area contributed by atoms with E-state index in [2.05, 4.69) is 57.1 Å². The van der Waals surface area contributed by atoms with E-state index >= 15 is 0 Å². The maximum Gasteiger partial charge on any atom is 0.156 e. The summed E-state index contributed by atoms with van der Waals surface area (Å²) >= 11 is 0. The van der Waals surface area contributed by atoms with Crippen LogP contribution in [0.1, 0.15) is 84.1 Å². The van der Waals surface area contributed by atoms with Gasteiger partial charge in [-0.2, -0.15) is 0 Å². The molecule has 0 spiro atoms. The molecule has 0 aliphatic heterocycles. The molecule has 32 heavy (non-hydrogen) atoms. The summed E-state index contributed by atoms with van der Waals surface area (Å²) in [5, 5.41) is 11.4. The van der Waals surface area contributed by atoms with Gasteiger partial charge in [0.05, 0.1) is 5.60 Å². The Kier molecular flexibility index (Phi) is 6.17. The van der Waals surface area contributed by atoms with Crippen LogP contribution < -0.4 is 4.90 Å². The van der Waals surface area contributed by atoms with Crippen LogP contribution in [0.5, 0.6) is 0 Å². The zero-order valence-electron chi connectivity index (χ0n) is 20.9. The van der Waals surface area contributed by atoms with Crippen LogP contribution in [0.3, 0.4) is 0 Å². The van der Waals surface area contributed by atoms with E-state index in [1.165, 1.54) is 22.4 Å². The fraction of sp³-hybridized carbons (Fsp3) is 0.621. The van der Waals surface area contributed by atoms with Crippen LogP contribution in [0, 0.1) is 17.3 Å². The number of fused-ring (bicyclic) bond motifs is 4. The summed E-state index contributed by atoms with van der Waals surface area (Å²) in [4.78, 5) is 14.3. The van der Waals surface area contributed by atoms with E-state index in [0.717, 1.165) is 38.5 Å². The Morgan fingerprint density at radius 2 is 1.69 bits per heavy atom. The van der Waals surface area contributed by atoms with Crippen LogP contribution in [-0.2, 0) is 4.79 Å². The molecule has 4 aliphatic rings. The Balaban J connectivity index is 0.00000119. The topological polar surface area (TPSA) is 40.5 Å². The Hall–Kier alpha value is -1.87. The first-order valence-corrected chi connectivity index (χ1v) is 12.7. The molecule has 0 saturated heterocycles. The van der Waals surface area contributed by atoms with Crippen LogP contribution >= 0.6 is 0 Å². The van der Waals surface area contributed by atoms with Gasteiger partial charge in [-0.25, -0.2) is 0 Å². The Labute approximate surface area is 194 Å². The molecule has 3 heteroatoms. The predicted molar refractivity (Wildman–Crippen MR) is 133 cm³/mol. The van der Waals surface area contributed by atoms with Crippen LogP contribution in [0.4, 0.5) is 5.69 Å². The minimum absolute atomic E-state index is 0.0572. The lowest BCUT2D eigenvalue weighted by Gasteiger charge is -2.54. The number of benzene rings is 1. The lowest BCUT2D eigenvalue weighted by Crippen LogP contribution is -2.50. The number of aliphatic hydroxyl groups is 1. The Morgan fingerprint density at radius 3 is 2.34 bits per heavy atom. The molecule has 0 aromatic heterocycles. The smallest absolute Gasteiger partial charge is 0.156 e. The standard InChI is InChI=1S/C27H35NO2.C2H6/c1-26-16-23(17-5-8-19(9-6-17)28(3)4)25-21-12-10-20(29)15-18(21)7-11-22(25)24(26)13-14-27(26,2)30;1-2/h5-6,8-9,15,22-24,30H,7,10-14,16H2,1-4H3;1-2H3/t22?,23?,24-,26-,27-;/m0./s1. The quantitative estimate of drug-likeness (QED) is 0.582. The lowest BCUT2D eigenvalue weighted by molar-refractivity contribution is -0.114. The number of nitrogens with zero attached hydrogens (tertiary/aromatic N) is 1. The van der Waals surface area contributed by atoms with Crippen molar-refractivity contribution in [1.29, 1.82) is 0 Å². The minimum atomic E-state index is -0.603. The first kappa shape index (κ1) is 23.3. The van der Waals surface area contributed by atoms with E-state index in [-0.39, 0.29) is 5.41 Å². The summed E-state index contributed by atoms with van der Waals surface area (Å²) in [6, 6.07) is 9.04. The monoisotopic (exact) mass is 435 g/mol. The van der Waals surface area contributed by atoms with Crippen LogP contribution in [0.2, 0.25) is 0 Å². The van der Waals surface area contributed by atoms with Gasteiger partial charge >= 0.3 is 0 Å². The van der Waals surface area contributed by atoms with Crippen molar-refractivity contribution in [3.63, 3.8) is 0 Å². The van der Waals surface area contributed by atoms with Gasteiger partial charge in [-0.3, -0.25) is 4.79 Å². The number of rotatable bonds is 2. The minimum Gasteiger partial charge on any atom is -0.390 e. The van der Waals surface area contributed by atoms with Gasteiger partial charge in [-0.05, 0) is 92.2 Å². The van der Waals surface area contributed by atoms with Gasteiger partial charge in [0.25, 0.3) is 0 Å². The highest BCUT2D eigenvalue weighted by Gasteiger charge is 2.60. The number of allylic oxidation sites excluding steroid dienone is 4. The van der Waals surface area contributed by atoms with E-state index in [9.17, 15) is 9.90 Å². The molecule has 2 unspecified atom stereocenters. The van der Waals surface area contributed by atoms with Crippen molar-refractivity contribution < 1.29 is 9.90 Å². The predicted octanol–water partition coefficient (Wildman–Crippen LogP) is 6.43. The molecule has 3 nitrogen and oxygen atoms in total. The highest BCUT2D eigenvalue weighted by molar-refractivity contribution is 5.93. The summed E-state index contributed by atoms with van der Waals surface area (Å²) in [7, 11) is 4.16. The molecule has 5 rings (SSSR count). The number of ketones is 1. The molecule has 0 heterocycles. The molecule has 0 bridgehead atoms. The van der Waals surface area contributed by atoms with Crippen molar-refractivity contribution in [3.05, 3.63) is 52.6 Å². The van der Waals surface area contributed by atoms with Gasteiger partial charge in [0, 0.05) is 37.5 Å². The molecular weight excluding hydrogens is 394 g/mol. The van der Waals surface area contributed by atoms with E-state index in [4.69, 9.17) is 0 Å². The summed E-state index contributed by atoms with van der Waals surface area (Å²) in [5.74, 6) is 1.72. The molecule has 1 N–H and O–H groups in total. The second-order valence-electron chi connectivity index (χ2n) is 10.8. The molecule has 174 valence electrons. The molecule has 1 aromatic carbocycles. The molecule has 5 atom stereocenters. The third kappa shape index (κ3) is 3.57. The van der Waals surface area contributed by atoms with Gasteiger partial charge < -0.3 is 10.0 Å². The van der Waals surface area contributed by atoms with Crippen molar-refractivity contribution in [2.75, 3.05) is 19.0 Å². The molecule has 0 amide bonds. The third-order valence-electron chi connectivity index (χ3n) is 9.11. The Morgan fingerprint density at radius 1 is 1.00 bits per heavy atom. The number of anilines is 1. The molecule has 0 radical (unpaired) electrons. The zero-order chi connectivity index (χ0) is 23.3. The van der Waals surface area contributed by atoms with Gasteiger partial charge in [0.1, 0.15) is 0 Å². The summed E-state index contributed by atoms with van der Waals surface area (Å²) in [6.07, 6.45) is 8.67. The van der Waals surface area contributed by atoms with Gasteiger partial charge in [0.15, 0.2) is 5.78 Å². The third-order valence-corrected chi connectivity index (χ3v) is 9.11. The maximum atomic E-state index is 12.1. The average molecular weight is 436 g/mol. The molecule has 4 aliphatic carbocycles. The van der Waals surface area contributed by atoms with Crippen LogP contribution in [0.25, 0.3) is 0 Å².